The van der Waals surface area contributed by atoms with Crippen LogP contribution in [0, 0.1) is 0 Å². The van der Waals surface area contributed by atoms with Gasteiger partial charge in [0.15, 0.2) is 0 Å². The van der Waals surface area contributed by atoms with Gasteiger partial charge in [0.05, 0.1) is 11.8 Å². The molecule has 0 bridgehead atoms. The number of aromatic nitrogens is 3. The second-order valence-electron chi connectivity index (χ2n) is 6.09. The number of carbonyl (C=O) groups is 1. The van der Waals surface area contributed by atoms with Gasteiger partial charge in [-0.2, -0.15) is 5.10 Å². The molecule has 1 saturated heterocycles. The fourth-order valence-corrected chi connectivity index (χ4v) is 3.11. The Kier molecular flexibility index (Phi) is 5.10. The van der Waals surface area contributed by atoms with Crippen LogP contribution in [0.25, 0.3) is 0 Å². The van der Waals surface area contributed by atoms with E-state index in [1.165, 1.54) is 5.56 Å². The Morgan fingerprint density at radius 1 is 1.29 bits per heavy atom. The third-order valence-electron chi connectivity index (χ3n) is 4.31. The van der Waals surface area contributed by atoms with E-state index in [1.807, 2.05) is 24.0 Å². The van der Waals surface area contributed by atoms with Crippen LogP contribution < -0.4 is 10.2 Å². The van der Waals surface area contributed by atoms with Crippen LogP contribution in [0.1, 0.15) is 22.3 Å². The van der Waals surface area contributed by atoms with E-state index in [0.717, 1.165) is 45.0 Å². The average molecular weight is 328 g/mol. The SMILES string of the molecule is CNC(=O)c1cccnc1N1CCCN(Cc2cnn(C)c2)CC1. The largest absolute Gasteiger partial charge is 0.355 e. The highest BCUT2D eigenvalue weighted by Crippen LogP contribution is 2.19. The van der Waals surface area contributed by atoms with Gasteiger partial charge >= 0.3 is 0 Å². The highest BCUT2D eigenvalue weighted by molar-refractivity contribution is 5.98. The highest BCUT2D eigenvalue weighted by atomic mass is 16.1. The minimum Gasteiger partial charge on any atom is -0.355 e. The summed E-state index contributed by atoms with van der Waals surface area (Å²) in [6, 6.07) is 3.64. The minimum atomic E-state index is -0.0884. The molecule has 0 aliphatic carbocycles. The van der Waals surface area contributed by atoms with E-state index in [-0.39, 0.29) is 5.91 Å². The first-order chi connectivity index (χ1) is 11.7. The molecule has 0 saturated carbocycles. The fraction of sp³-hybridized carbons (Fsp3) is 0.471. The predicted octanol–water partition coefficient (Wildman–Crippen LogP) is 0.887. The molecule has 1 aliphatic rings. The van der Waals surface area contributed by atoms with E-state index in [1.54, 1.807) is 19.3 Å². The second-order valence-corrected chi connectivity index (χ2v) is 6.09. The van der Waals surface area contributed by atoms with E-state index >= 15 is 0 Å². The first kappa shape index (κ1) is 16.4. The van der Waals surface area contributed by atoms with Crippen molar-refractivity contribution in [3.05, 3.63) is 41.9 Å². The molecular formula is C17H24N6O. The summed E-state index contributed by atoms with van der Waals surface area (Å²) in [5.41, 5.74) is 1.87. The molecule has 7 nitrogen and oxygen atoms in total. The van der Waals surface area contributed by atoms with Gasteiger partial charge in [-0.05, 0) is 18.6 Å². The number of hydrogen-bond donors (Lipinski definition) is 1. The molecule has 2 aromatic rings. The molecule has 2 aromatic heterocycles. The Hall–Kier alpha value is -2.41. The van der Waals surface area contributed by atoms with Gasteiger partial charge in [-0.3, -0.25) is 14.4 Å². The quantitative estimate of drug-likeness (QED) is 0.903. The van der Waals surface area contributed by atoms with E-state index in [2.05, 4.69) is 31.4 Å². The summed E-state index contributed by atoms with van der Waals surface area (Å²) in [6.45, 7) is 4.66. The molecule has 24 heavy (non-hydrogen) atoms. The lowest BCUT2D eigenvalue weighted by Crippen LogP contribution is -2.32. The van der Waals surface area contributed by atoms with E-state index < -0.39 is 0 Å². The predicted molar refractivity (Wildman–Crippen MR) is 92.9 cm³/mol. The number of carbonyl (C=O) groups excluding carboxylic acids is 1. The van der Waals surface area contributed by atoms with Crippen LogP contribution in [0.3, 0.4) is 0 Å². The van der Waals surface area contributed by atoms with Crippen molar-refractivity contribution in [2.24, 2.45) is 7.05 Å². The summed E-state index contributed by atoms with van der Waals surface area (Å²) in [4.78, 5) is 21.2. The molecule has 1 aliphatic heterocycles. The molecule has 128 valence electrons. The van der Waals surface area contributed by atoms with Crippen molar-refractivity contribution in [1.29, 1.82) is 0 Å². The molecular weight excluding hydrogens is 304 g/mol. The first-order valence-electron chi connectivity index (χ1n) is 8.29. The normalized spacial score (nSPS) is 16.0. The van der Waals surface area contributed by atoms with Crippen molar-refractivity contribution in [1.82, 2.24) is 25.0 Å². The highest BCUT2D eigenvalue weighted by Gasteiger charge is 2.20. The van der Waals surface area contributed by atoms with Crippen molar-refractivity contribution in [2.75, 3.05) is 38.1 Å². The number of pyridine rings is 1. The van der Waals surface area contributed by atoms with Crippen molar-refractivity contribution in [3.63, 3.8) is 0 Å². The van der Waals surface area contributed by atoms with Gasteiger partial charge in [-0.25, -0.2) is 4.98 Å². The maximum absolute atomic E-state index is 12.1. The van der Waals surface area contributed by atoms with Gasteiger partial charge in [-0.1, -0.05) is 0 Å². The maximum Gasteiger partial charge on any atom is 0.254 e. The Labute approximate surface area is 142 Å². The van der Waals surface area contributed by atoms with Crippen LogP contribution in [0.4, 0.5) is 5.82 Å². The number of rotatable bonds is 4. The van der Waals surface area contributed by atoms with Crippen LogP contribution in [0.15, 0.2) is 30.7 Å². The van der Waals surface area contributed by atoms with Crippen molar-refractivity contribution < 1.29 is 4.79 Å². The van der Waals surface area contributed by atoms with Crippen LogP contribution in [0.5, 0.6) is 0 Å². The molecule has 7 heteroatoms. The zero-order valence-electron chi connectivity index (χ0n) is 14.3. The molecule has 0 radical (unpaired) electrons. The number of hydrogen-bond acceptors (Lipinski definition) is 5. The van der Waals surface area contributed by atoms with Gasteiger partial charge in [0.1, 0.15) is 5.82 Å². The lowest BCUT2D eigenvalue weighted by atomic mass is 10.2. The van der Waals surface area contributed by atoms with Gasteiger partial charge in [0.2, 0.25) is 0 Å². The fourth-order valence-electron chi connectivity index (χ4n) is 3.11. The summed E-state index contributed by atoms with van der Waals surface area (Å²) in [5.74, 6) is 0.689. The Balaban J connectivity index is 1.68. The number of nitrogens with one attached hydrogen (secondary N) is 1. The molecule has 0 spiro atoms. The van der Waals surface area contributed by atoms with Crippen molar-refractivity contribution in [3.8, 4) is 0 Å². The standard InChI is InChI=1S/C17H24N6O/c1-18-17(24)15-5-3-6-19-16(15)23-8-4-7-22(9-10-23)13-14-11-20-21(2)12-14/h3,5-6,11-12H,4,7-10,13H2,1-2H3,(H,18,24). The maximum atomic E-state index is 12.1. The third kappa shape index (κ3) is 3.73. The molecule has 1 fully saturated rings. The van der Waals surface area contributed by atoms with Crippen LogP contribution >= 0.6 is 0 Å². The summed E-state index contributed by atoms with van der Waals surface area (Å²) >= 11 is 0. The number of nitrogens with zero attached hydrogens (tertiary/aromatic N) is 5. The lowest BCUT2D eigenvalue weighted by molar-refractivity contribution is 0.0963. The summed E-state index contributed by atoms with van der Waals surface area (Å²) in [6.07, 6.45) is 6.78. The van der Waals surface area contributed by atoms with Crippen LogP contribution in [-0.4, -0.2) is 58.8 Å². The summed E-state index contributed by atoms with van der Waals surface area (Å²) < 4.78 is 1.84. The lowest BCUT2D eigenvalue weighted by Gasteiger charge is -2.24. The van der Waals surface area contributed by atoms with Gasteiger partial charge < -0.3 is 10.2 Å². The van der Waals surface area contributed by atoms with Crippen LogP contribution in [0.2, 0.25) is 0 Å². The first-order valence-corrected chi connectivity index (χ1v) is 8.29. The van der Waals surface area contributed by atoms with E-state index in [9.17, 15) is 4.79 Å². The summed E-state index contributed by atoms with van der Waals surface area (Å²) in [7, 11) is 3.59. The third-order valence-corrected chi connectivity index (χ3v) is 4.31. The zero-order valence-corrected chi connectivity index (χ0v) is 14.3. The number of anilines is 1. The van der Waals surface area contributed by atoms with Crippen molar-refractivity contribution >= 4 is 11.7 Å². The Bertz CT molecular complexity index is 698. The Morgan fingerprint density at radius 3 is 2.92 bits per heavy atom. The average Bonchev–Trinajstić information content (AvgIpc) is 2.87. The molecule has 0 unspecified atom stereocenters. The molecule has 3 rings (SSSR count). The topological polar surface area (TPSA) is 66.3 Å². The van der Waals surface area contributed by atoms with Gasteiger partial charge in [0, 0.05) is 64.8 Å². The molecule has 3 heterocycles. The molecule has 0 aromatic carbocycles. The zero-order chi connectivity index (χ0) is 16.9. The number of aryl methyl sites for hydroxylation is 1. The van der Waals surface area contributed by atoms with E-state index in [0.29, 0.717) is 5.56 Å². The smallest absolute Gasteiger partial charge is 0.254 e. The second kappa shape index (κ2) is 7.44. The molecule has 1 amide bonds. The molecule has 1 N–H and O–H groups in total. The van der Waals surface area contributed by atoms with Crippen LogP contribution in [-0.2, 0) is 13.6 Å². The van der Waals surface area contributed by atoms with Crippen molar-refractivity contribution in [2.45, 2.75) is 13.0 Å². The Morgan fingerprint density at radius 2 is 2.17 bits per heavy atom. The van der Waals surface area contributed by atoms with E-state index in [4.69, 9.17) is 0 Å². The monoisotopic (exact) mass is 328 g/mol. The van der Waals surface area contributed by atoms with Gasteiger partial charge in [0.25, 0.3) is 5.91 Å². The summed E-state index contributed by atoms with van der Waals surface area (Å²) in [5, 5.41) is 6.93. The minimum absolute atomic E-state index is 0.0884. The molecule has 0 atom stereocenters. The van der Waals surface area contributed by atoms with Gasteiger partial charge in [-0.15, -0.1) is 0 Å². The number of amides is 1.